The molecule has 0 bridgehead atoms. The molecule has 0 unspecified atom stereocenters. The van der Waals surface area contributed by atoms with Crippen molar-refractivity contribution < 1.29 is 17.9 Å². The number of carbonyl (C=O) groups excluding carboxylic acids is 1. The van der Waals surface area contributed by atoms with Crippen molar-refractivity contribution in [2.75, 3.05) is 51.7 Å². The highest BCUT2D eigenvalue weighted by atomic mass is 32.2. The van der Waals surface area contributed by atoms with E-state index in [0.29, 0.717) is 26.1 Å². The van der Waals surface area contributed by atoms with E-state index in [1.54, 1.807) is 12.4 Å². The number of hydrogen-bond acceptors (Lipinski definition) is 6. The summed E-state index contributed by atoms with van der Waals surface area (Å²) in [5.74, 6) is 0.189. The zero-order chi connectivity index (χ0) is 24.1. The molecule has 1 saturated heterocycles. The van der Waals surface area contributed by atoms with Gasteiger partial charge in [-0.3, -0.25) is 9.88 Å². The van der Waals surface area contributed by atoms with E-state index in [0.717, 1.165) is 83.4 Å². The van der Waals surface area contributed by atoms with Crippen molar-refractivity contribution in [1.82, 2.24) is 24.8 Å². The van der Waals surface area contributed by atoms with Crippen LogP contribution in [0.1, 0.15) is 56.9 Å². The van der Waals surface area contributed by atoms with Gasteiger partial charge in [-0.15, -0.1) is 0 Å². The number of hydrogen-bond donors (Lipinski definition) is 2. The number of carbonyl (C=O) groups is 1. The Hall–Kier alpha value is -1.75. The number of aromatic nitrogens is 1. The van der Waals surface area contributed by atoms with Gasteiger partial charge in [0.15, 0.2) is 0 Å². The summed E-state index contributed by atoms with van der Waals surface area (Å²) in [6.45, 7) is 5.92. The highest BCUT2D eigenvalue weighted by Gasteiger charge is 2.31. The number of sulfonamides is 1. The van der Waals surface area contributed by atoms with Crippen LogP contribution >= 0.6 is 0 Å². The minimum absolute atomic E-state index is 0.167. The van der Waals surface area contributed by atoms with Crippen molar-refractivity contribution in [1.29, 1.82) is 0 Å². The summed E-state index contributed by atoms with van der Waals surface area (Å²) < 4.78 is 33.5. The lowest BCUT2D eigenvalue weighted by molar-refractivity contribution is 0.0366. The largest absolute Gasteiger partial charge is 0.379 e. The maximum Gasteiger partial charge on any atom is 0.315 e. The van der Waals surface area contributed by atoms with E-state index in [9.17, 15) is 13.2 Å². The third-order valence-electron chi connectivity index (χ3n) is 6.59. The van der Waals surface area contributed by atoms with Crippen molar-refractivity contribution in [2.45, 2.75) is 64.0 Å². The van der Waals surface area contributed by atoms with Gasteiger partial charge in [0.05, 0.1) is 19.0 Å². The summed E-state index contributed by atoms with van der Waals surface area (Å²) >= 11 is 0. The lowest BCUT2D eigenvalue weighted by Crippen LogP contribution is -2.43. The molecule has 34 heavy (non-hydrogen) atoms. The van der Waals surface area contributed by atoms with Gasteiger partial charge in [-0.25, -0.2) is 13.2 Å². The van der Waals surface area contributed by atoms with Gasteiger partial charge < -0.3 is 15.4 Å². The first-order valence-corrected chi connectivity index (χ1v) is 14.4. The molecule has 0 aromatic carbocycles. The SMILES string of the molecule is O=C(NCCCCCS(=O)(=O)N(CCCN1CCOCC1)C1CCCC1)NCc1cccnc1. The third kappa shape index (κ3) is 9.48. The Kier molecular flexibility index (Phi) is 11.5. The fourth-order valence-corrected chi connectivity index (χ4v) is 6.54. The minimum Gasteiger partial charge on any atom is -0.379 e. The van der Waals surface area contributed by atoms with Crippen LogP contribution in [0.4, 0.5) is 4.79 Å². The maximum absolute atomic E-state index is 13.2. The summed E-state index contributed by atoms with van der Waals surface area (Å²) in [5, 5.41) is 5.63. The second kappa shape index (κ2) is 14.6. The Morgan fingerprint density at radius 1 is 1.12 bits per heavy atom. The monoisotopic (exact) mass is 495 g/mol. The molecular weight excluding hydrogens is 454 g/mol. The average molecular weight is 496 g/mol. The van der Waals surface area contributed by atoms with E-state index in [2.05, 4.69) is 20.5 Å². The first-order valence-electron chi connectivity index (χ1n) is 12.7. The number of amides is 2. The predicted octanol–water partition coefficient (Wildman–Crippen LogP) is 2.35. The molecule has 1 aromatic rings. The Bertz CT molecular complexity index is 812. The van der Waals surface area contributed by atoms with Crippen molar-refractivity contribution in [3.8, 4) is 0 Å². The number of rotatable bonds is 14. The molecule has 2 aliphatic rings. The first-order chi connectivity index (χ1) is 16.5. The molecule has 1 aromatic heterocycles. The van der Waals surface area contributed by atoms with Crippen LogP contribution < -0.4 is 10.6 Å². The molecule has 192 valence electrons. The number of ether oxygens (including phenoxy) is 1. The maximum atomic E-state index is 13.2. The summed E-state index contributed by atoms with van der Waals surface area (Å²) in [5.41, 5.74) is 0.944. The fraction of sp³-hybridized carbons (Fsp3) is 0.750. The molecule has 1 saturated carbocycles. The van der Waals surface area contributed by atoms with Gasteiger partial charge in [0.25, 0.3) is 0 Å². The quantitative estimate of drug-likeness (QED) is 0.384. The number of morpholine rings is 1. The lowest BCUT2D eigenvalue weighted by atomic mass is 10.2. The number of unbranched alkanes of at least 4 members (excludes halogenated alkanes) is 2. The van der Waals surface area contributed by atoms with Crippen molar-refractivity contribution in [3.05, 3.63) is 30.1 Å². The topological polar surface area (TPSA) is 104 Å². The van der Waals surface area contributed by atoms with Crippen molar-refractivity contribution >= 4 is 16.1 Å². The molecule has 10 heteroatoms. The smallest absolute Gasteiger partial charge is 0.315 e. The van der Waals surface area contributed by atoms with Gasteiger partial charge in [0, 0.05) is 51.2 Å². The van der Waals surface area contributed by atoms with E-state index >= 15 is 0 Å². The highest BCUT2D eigenvalue weighted by molar-refractivity contribution is 7.89. The Labute approximate surface area is 204 Å². The Morgan fingerprint density at radius 2 is 1.91 bits per heavy atom. The molecule has 2 N–H and O–H groups in total. The van der Waals surface area contributed by atoms with E-state index in [1.807, 2.05) is 16.4 Å². The van der Waals surface area contributed by atoms with Crippen molar-refractivity contribution in [3.63, 3.8) is 0 Å². The number of pyridine rings is 1. The van der Waals surface area contributed by atoms with Gasteiger partial charge in [-0.1, -0.05) is 25.3 Å². The number of nitrogens with zero attached hydrogens (tertiary/aromatic N) is 3. The van der Waals surface area contributed by atoms with Gasteiger partial charge in [0.1, 0.15) is 0 Å². The molecule has 1 aliphatic heterocycles. The van der Waals surface area contributed by atoms with Gasteiger partial charge >= 0.3 is 6.03 Å². The minimum atomic E-state index is -3.27. The van der Waals surface area contributed by atoms with Crippen LogP contribution in [-0.4, -0.2) is 86.4 Å². The number of nitrogens with one attached hydrogen (secondary N) is 2. The van der Waals surface area contributed by atoms with Crippen LogP contribution in [0.5, 0.6) is 0 Å². The zero-order valence-corrected chi connectivity index (χ0v) is 21.1. The average Bonchev–Trinajstić information content (AvgIpc) is 3.38. The summed E-state index contributed by atoms with van der Waals surface area (Å²) in [7, 11) is -3.27. The standard InChI is InChI=1S/C24H41N5O4S/c30-24(27-21-22-8-6-11-25-20-22)26-12-4-1-5-19-34(31,32)29(23-9-2-3-10-23)14-7-13-28-15-17-33-18-16-28/h6,8,11,20,23H,1-5,7,9-10,12-19,21H2,(H2,26,27,30). The van der Waals surface area contributed by atoms with Crippen LogP contribution in [0, 0.1) is 0 Å². The van der Waals surface area contributed by atoms with E-state index in [-0.39, 0.29) is 17.8 Å². The van der Waals surface area contributed by atoms with E-state index in [1.165, 1.54) is 0 Å². The lowest BCUT2D eigenvalue weighted by Gasteiger charge is -2.30. The summed E-state index contributed by atoms with van der Waals surface area (Å²) in [6.07, 6.45) is 10.6. The van der Waals surface area contributed by atoms with Gasteiger partial charge in [-0.2, -0.15) is 4.31 Å². The molecule has 0 spiro atoms. The first kappa shape index (κ1) is 26.8. The molecule has 2 amide bonds. The van der Waals surface area contributed by atoms with Gasteiger partial charge in [0.2, 0.25) is 10.0 Å². The van der Waals surface area contributed by atoms with Crippen LogP contribution in [0.3, 0.4) is 0 Å². The normalized spacial score (nSPS) is 17.8. The highest BCUT2D eigenvalue weighted by Crippen LogP contribution is 2.26. The molecule has 9 nitrogen and oxygen atoms in total. The zero-order valence-electron chi connectivity index (χ0n) is 20.3. The second-order valence-electron chi connectivity index (χ2n) is 9.20. The van der Waals surface area contributed by atoms with E-state index in [4.69, 9.17) is 4.74 Å². The second-order valence-corrected chi connectivity index (χ2v) is 11.2. The molecule has 2 fully saturated rings. The molecule has 3 rings (SSSR count). The van der Waals surface area contributed by atoms with Crippen LogP contribution in [0.15, 0.2) is 24.5 Å². The van der Waals surface area contributed by atoms with Crippen LogP contribution in [0.2, 0.25) is 0 Å². The van der Waals surface area contributed by atoms with E-state index < -0.39 is 10.0 Å². The van der Waals surface area contributed by atoms with Crippen molar-refractivity contribution in [2.24, 2.45) is 0 Å². The van der Waals surface area contributed by atoms with Crippen LogP contribution in [-0.2, 0) is 21.3 Å². The molecular formula is C24H41N5O4S. The van der Waals surface area contributed by atoms with Gasteiger partial charge in [-0.05, 0) is 50.3 Å². The molecule has 2 heterocycles. The summed E-state index contributed by atoms with van der Waals surface area (Å²) in [4.78, 5) is 18.3. The molecule has 1 aliphatic carbocycles. The number of urea groups is 1. The fourth-order valence-electron chi connectivity index (χ4n) is 4.67. The predicted molar refractivity (Wildman–Crippen MR) is 133 cm³/mol. The van der Waals surface area contributed by atoms with Crippen LogP contribution in [0.25, 0.3) is 0 Å². The Morgan fingerprint density at radius 3 is 2.65 bits per heavy atom. The molecule has 0 radical (unpaired) electrons. The molecule has 0 atom stereocenters. The summed E-state index contributed by atoms with van der Waals surface area (Å²) in [6, 6.07) is 3.69. The Balaban J connectivity index is 1.32. The third-order valence-corrected chi connectivity index (χ3v) is 8.59.